The number of rotatable bonds is 6. The number of carboxylic acid groups (broad SMARTS) is 1. The summed E-state index contributed by atoms with van der Waals surface area (Å²) in [5.74, 6) is -0.343. The van der Waals surface area contributed by atoms with Crippen molar-refractivity contribution in [2.75, 3.05) is 56.5 Å². The molecule has 0 atom stereocenters. The Balaban J connectivity index is 1.22. The summed E-state index contributed by atoms with van der Waals surface area (Å²) in [7, 11) is 2.10. The lowest BCUT2D eigenvalue weighted by Gasteiger charge is -2.33. The number of benzene rings is 1. The largest absolute Gasteiger partial charge is 0.476 e. The monoisotopic (exact) mass is 554 g/mol. The van der Waals surface area contributed by atoms with Gasteiger partial charge < -0.3 is 20.2 Å². The topological polar surface area (TPSA) is 120 Å². The third kappa shape index (κ3) is 5.91. The summed E-state index contributed by atoms with van der Waals surface area (Å²) in [6.45, 7) is 6.76. The van der Waals surface area contributed by atoms with Gasteiger partial charge in [0.15, 0.2) is 5.69 Å². The molecule has 212 valence electrons. The third-order valence-electron chi connectivity index (χ3n) is 7.88. The van der Waals surface area contributed by atoms with Crippen LogP contribution in [-0.4, -0.2) is 93.0 Å². The maximum atomic E-state index is 13.2. The molecule has 5 heterocycles. The number of nitrogens with one attached hydrogen (secondary N) is 1. The van der Waals surface area contributed by atoms with E-state index in [-0.39, 0.29) is 5.69 Å². The number of aromatic nitrogens is 4. The van der Waals surface area contributed by atoms with E-state index in [4.69, 9.17) is 0 Å². The molecule has 11 heteroatoms. The fourth-order valence-electron chi connectivity index (χ4n) is 5.58. The number of likely N-dealkylation sites (tertiary alicyclic amines) is 1. The van der Waals surface area contributed by atoms with E-state index in [1.165, 1.54) is 19.3 Å². The van der Waals surface area contributed by atoms with Crippen molar-refractivity contribution in [1.29, 1.82) is 0 Å². The normalized spacial score (nSPS) is 16.7. The molecule has 2 N–H and O–H groups in total. The first-order chi connectivity index (χ1) is 19.9. The zero-order valence-corrected chi connectivity index (χ0v) is 23.2. The Bertz CT molecular complexity index is 1550. The maximum absolute atomic E-state index is 13.2. The van der Waals surface area contributed by atoms with Crippen LogP contribution < -0.4 is 10.2 Å². The molecule has 0 spiro atoms. The molecular formula is C30H34N8O3. The van der Waals surface area contributed by atoms with Crippen molar-refractivity contribution >= 4 is 34.4 Å². The van der Waals surface area contributed by atoms with Gasteiger partial charge in [0.25, 0.3) is 0 Å². The molecule has 2 aliphatic heterocycles. The SMILES string of the molecule is CN1CCN(c2ccc(NC(=O)n3nc(C(=O)O)c4cc(-c5cncc(CN6CCCCC6)c5)ccc43)cn2)CC1. The number of piperidine rings is 1. The first-order valence-electron chi connectivity index (χ1n) is 14.1. The van der Waals surface area contributed by atoms with E-state index >= 15 is 0 Å². The van der Waals surface area contributed by atoms with Gasteiger partial charge in [0.05, 0.1) is 17.4 Å². The summed E-state index contributed by atoms with van der Waals surface area (Å²) in [4.78, 5) is 41.2. The van der Waals surface area contributed by atoms with E-state index in [1.54, 1.807) is 30.6 Å². The second-order valence-electron chi connectivity index (χ2n) is 10.8. The van der Waals surface area contributed by atoms with Crippen molar-refractivity contribution in [3.8, 4) is 11.1 Å². The van der Waals surface area contributed by atoms with Crippen LogP contribution in [-0.2, 0) is 6.54 Å². The number of anilines is 2. The minimum absolute atomic E-state index is 0.182. The van der Waals surface area contributed by atoms with Crippen molar-refractivity contribution in [3.63, 3.8) is 0 Å². The first-order valence-corrected chi connectivity index (χ1v) is 14.1. The number of hydrogen-bond acceptors (Lipinski definition) is 8. The van der Waals surface area contributed by atoms with Gasteiger partial charge >= 0.3 is 12.0 Å². The fourth-order valence-corrected chi connectivity index (χ4v) is 5.58. The van der Waals surface area contributed by atoms with Crippen LogP contribution >= 0.6 is 0 Å². The number of piperazine rings is 1. The van der Waals surface area contributed by atoms with Crippen molar-refractivity contribution in [3.05, 3.63) is 66.2 Å². The van der Waals surface area contributed by atoms with E-state index in [9.17, 15) is 14.7 Å². The van der Waals surface area contributed by atoms with Gasteiger partial charge in [0.1, 0.15) is 5.82 Å². The lowest BCUT2D eigenvalue weighted by atomic mass is 10.0. The van der Waals surface area contributed by atoms with Gasteiger partial charge in [-0.05, 0) is 74.4 Å². The number of carbonyl (C=O) groups excluding carboxylic acids is 1. The summed E-state index contributed by atoms with van der Waals surface area (Å²) in [5.41, 5.74) is 3.55. The zero-order chi connectivity index (χ0) is 28.3. The molecule has 6 rings (SSSR count). The molecule has 2 aliphatic rings. The molecule has 4 aromatic rings. The Kier molecular flexibility index (Phi) is 7.62. The van der Waals surface area contributed by atoms with Crippen molar-refractivity contribution in [2.45, 2.75) is 25.8 Å². The number of nitrogens with zero attached hydrogens (tertiary/aromatic N) is 7. The van der Waals surface area contributed by atoms with Crippen LogP contribution in [0.1, 0.15) is 35.3 Å². The molecule has 0 saturated carbocycles. The van der Waals surface area contributed by atoms with E-state index in [2.05, 4.69) is 48.2 Å². The molecule has 2 fully saturated rings. The lowest BCUT2D eigenvalue weighted by molar-refractivity contribution is 0.0692. The highest BCUT2D eigenvalue weighted by molar-refractivity contribution is 6.06. The Morgan fingerprint density at radius 2 is 1.71 bits per heavy atom. The molecular weight excluding hydrogens is 520 g/mol. The van der Waals surface area contributed by atoms with Crippen LogP contribution in [0.4, 0.5) is 16.3 Å². The van der Waals surface area contributed by atoms with Gasteiger partial charge in [-0.25, -0.2) is 14.6 Å². The summed E-state index contributed by atoms with van der Waals surface area (Å²) in [6, 6.07) is 10.6. The smallest absolute Gasteiger partial charge is 0.357 e. The van der Waals surface area contributed by atoms with Crippen LogP contribution in [0.2, 0.25) is 0 Å². The van der Waals surface area contributed by atoms with Gasteiger partial charge in [-0.2, -0.15) is 9.78 Å². The Labute approximate surface area is 238 Å². The van der Waals surface area contributed by atoms with Crippen molar-refractivity contribution in [1.82, 2.24) is 29.5 Å². The highest BCUT2D eigenvalue weighted by atomic mass is 16.4. The predicted octanol–water partition coefficient (Wildman–Crippen LogP) is 4.01. The average molecular weight is 555 g/mol. The number of carboxylic acids is 1. The van der Waals surface area contributed by atoms with E-state index in [1.807, 2.05) is 18.3 Å². The molecule has 1 amide bonds. The van der Waals surface area contributed by atoms with Crippen LogP contribution in [0.3, 0.4) is 0 Å². The molecule has 41 heavy (non-hydrogen) atoms. The minimum Gasteiger partial charge on any atom is -0.476 e. The van der Waals surface area contributed by atoms with Gasteiger partial charge in [-0.3, -0.25) is 9.88 Å². The summed E-state index contributed by atoms with van der Waals surface area (Å²) in [6.07, 6.45) is 8.99. The van der Waals surface area contributed by atoms with Gasteiger partial charge in [-0.1, -0.05) is 12.5 Å². The lowest BCUT2D eigenvalue weighted by Crippen LogP contribution is -2.44. The Hall–Kier alpha value is -4.35. The van der Waals surface area contributed by atoms with Gasteiger partial charge in [0.2, 0.25) is 0 Å². The van der Waals surface area contributed by atoms with Crippen LogP contribution in [0, 0.1) is 0 Å². The molecule has 0 unspecified atom stereocenters. The minimum atomic E-state index is -1.20. The second kappa shape index (κ2) is 11.6. The van der Waals surface area contributed by atoms with E-state index < -0.39 is 12.0 Å². The fraction of sp³-hybridized carbons (Fsp3) is 0.367. The number of fused-ring (bicyclic) bond motifs is 1. The quantitative estimate of drug-likeness (QED) is 0.364. The highest BCUT2D eigenvalue weighted by Crippen LogP contribution is 2.28. The molecule has 11 nitrogen and oxygen atoms in total. The molecule has 0 radical (unpaired) electrons. The highest BCUT2D eigenvalue weighted by Gasteiger charge is 2.22. The number of pyridine rings is 2. The molecule has 0 aliphatic carbocycles. The van der Waals surface area contributed by atoms with Crippen molar-refractivity contribution < 1.29 is 14.7 Å². The summed E-state index contributed by atoms with van der Waals surface area (Å²) in [5, 5.41) is 17.2. The predicted molar refractivity (Wildman–Crippen MR) is 157 cm³/mol. The van der Waals surface area contributed by atoms with Crippen LogP contribution in [0.15, 0.2) is 55.0 Å². The summed E-state index contributed by atoms with van der Waals surface area (Å²) < 4.78 is 1.10. The third-order valence-corrected chi connectivity index (χ3v) is 7.88. The van der Waals surface area contributed by atoms with Gasteiger partial charge in [-0.15, -0.1) is 0 Å². The number of hydrogen-bond donors (Lipinski definition) is 2. The second-order valence-corrected chi connectivity index (χ2v) is 10.8. The summed E-state index contributed by atoms with van der Waals surface area (Å²) >= 11 is 0. The maximum Gasteiger partial charge on any atom is 0.357 e. The van der Waals surface area contributed by atoms with E-state index in [0.717, 1.165) is 73.0 Å². The van der Waals surface area contributed by atoms with Gasteiger partial charge in [0, 0.05) is 56.1 Å². The first kappa shape index (κ1) is 26.9. The molecule has 3 aromatic heterocycles. The van der Waals surface area contributed by atoms with E-state index in [0.29, 0.717) is 16.6 Å². The van der Waals surface area contributed by atoms with Crippen molar-refractivity contribution in [2.24, 2.45) is 0 Å². The molecule has 1 aromatic carbocycles. The van der Waals surface area contributed by atoms with Crippen LogP contribution in [0.25, 0.3) is 22.0 Å². The standard InChI is InChI=1S/C30H34N8O3/c1-35-11-13-37(14-12-35)27-8-6-24(19-32-27)33-30(41)38-26-7-5-22(16-25(26)28(34-38)29(39)40)23-15-21(17-31-18-23)20-36-9-3-2-4-10-36/h5-8,15-19H,2-4,9-14,20H2,1H3,(H,33,41)(H,39,40). The number of carbonyl (C=O) groups is 2. The zero-order valence-electron chi connectivity index (χ0n) is 23.2. The van der Waals surface area contributed by atoms with Crippen LogP contribution in [0.5, 0.6) is 0 Å². The Morgan fingerprint density at radius 3 is 2.44 bits per heavy atom. The molecule has 0 bridgehead atoms. The number of amides is 1. The number of likely N-dealkylation sites (N-methyl/N-ethyl adjacent to an activating group) is 1. The average Bonchev–Trinajstić information content (AvgIpc) is 3.38. The number of aromatic carboxylic acids is 1. The molecule has 2 saturated heterocycles. The Morgan fingerprint density at radius 1 is 0.902 bits per heavy atom.